The lowest BCUT2D eigenvalue weighted by Crippen LogP contribution is -2.15. The molecule has 1 aliphatic heterocycles. The van der Waals surface area contributed by atoms with Gasteiger partial charge in [-0.1, -0.05) is 13.0 Å². The van der Waals surface area contributed by atoms with Gasteiger partial charge in [-0.15, -0.1) is 11.8 Å². The average molecular weight is 216 g/mol. The first-order valence-electron chi connectivity index (χ1n) is 5.60. The molecule has 1 atom stereocenters. The topological polar surface area (TPSA) is 18.5 Å². The van der Waals surface area contributed by atoms with Crippen LogP contribution in [-0.4, -0.2) is 13.2 Å². The Bertz CT molecular complexity index is 426. The molecule has 0 radical (unpaired) electrons. The van der Waals surface area contributed by atoms with Crippen LogP contribution in [-0.2, 0) is 6.42 Å². The Labute approximate surface area is 96.6 Å². The van der Waals surface area contributed by atoms with Crippen molar-refractivity contribution < 1.29 is 9.47 Å². The third-order valence-electron chi connectivity index (χ3n) is 2.54. The summed E-state index contributed by atoms with van der Waals surface area (Å²) in [6.45, 7) is 5.29. The molecule has 0 bridgehead atoms. The zero-order chi connectivity index (χ0) is 11.4. The van der Waals surface area contributed by atoms with Crippen LogP contribution in [0.5, 0.6) is 11.5 Å². The van der Waals surface area contributed by atoms with Crippen LogP contribution in [0.3, 0.4) is 0 Å². The predicted octanol–water partition coefficient (Wildman–Crippen LogP) is 2.66. The van der Waals surface area contributed by atoms with E-state index in [1.54, 1.807) is 0 Å². The molecule has 2 nitrogen and oxygen atoms in total. The second kappa shape index (κ2) is 4.94. The highest BCUT2D eigenvalue weighted by Gasteiger charge is 2.12. The fraction of sp³-hybridized carbons (Fsp3) is 0.429. The highest BCUT2D eigenvalue weighted by Crippen LogP contribution is 2.31. The molecule has 0 amide bonds. The molecule has 0 fully saturated rings. The summed E-state index contributed by atoms with van der Waals surface area (Å²) in [6, 6.07) is 6.12. The lowest BCUT2D eigenvalue weighted by molar-refractivity contribution is 0.171. The van der Waals surface area contributed by atoms with E-state index in [1.807, 2.05) is 13.0 Å². The molecule has 0 saturated heterocycles. The van der Waals surface area contributed by atoms with Crippen LogP contribution in [0.4, 0.5) is 0 Å². The fourth-order valence-corrected chi connectivity index (χ4v) is 1.87. The minimum absolute atomic E-state index is 0.382. The summed E-state index contributed by atoms with van der Waals surface area (Å²) in [4.78, 5) is 0. The Balaban J connectivity index is 2.13. The predicted molar refractivity (Wildman–Crippen MR) is 63.8 cm³/mol. The van der Waals surface area contributed by atoms with Gasteiger partial charge in [0.2, 0.25) is 0 Å². The molecule has 1 aromatic rings. The molecule has 2 heteroatoms. The highest BCUT2D eigenvalue weighted by molar-refractivity contribution is 5.44. The molecule has 1 aromatic carbocycles. The Morgan fingerprint density at radius 2 is 2.00 bits per heavy atom. The standard InChI is InChI=1S/C14H16O2/c1-3-4-11(2)9-12-5-6-13-14(10-12)16-8-7-15-13/h5-6,10-11H,7-9H2,1-2H3. The molecule has 1 unspecified atom stereocenters. The molecule has 84 valence electrons. The summed E-state index contributed by atoms with van der Waals surface area (Å²) in [5, 5.41) is 0. The van der Waals surface area contributed by atoms with Gasteiger partial charge in [0.1, 0.15) is 13.2 Å². The third-order valence-corrected chi connectivity index (χ3v) is 2.54. The molecule has 1 aliphatic rings. The van der Waals surface area contributed by atoms with Crippen molar-refractivity contribution in [3.63, 3.8) is 0 Å². The van der Waals surface area contributed by atoms with Gasteiger partial charge in [-0.25, -0.2) is 0 Å². The Morgan fingerprint density at radius 3 is 2.75 bits per heavy atom. The van der Waals surface area contributed by atoms with E-state index in [2.05, 4.69) is 30.9 Å². The van der Waals surface area contributed by atoms with Crippen LogP contribution in [0.15, 0.2) is 18.2 Å². The second-order valence-corrected chi connectivity index (χ2v) is 3.98. The van der Waals surface area contributed by atoms with Gasteiger partial charge in [0.15, 0.2) is 11.5 Å². The van der Waals surface area contributed by atoms with Gasteiger partial charge in [-0.2, -0.15) is 0 Å². The summed E-state index contributed by atoms with van der Waals surface area (Å²) in [7, 11) is 0. The van der Waals surface area contributed by atoms with Crippen molar-refractivity contribution in [1.82, 2.24) is 0 Å². The summed E-state index contributed by atoms with van der Waals surface area (Å²) in [5.74, 6) is 8.19. The first kappa shape index (κ1) is 10.9. The van der Waals surface area contributed by atoms with Crippen molar-refractivity contribution in [2.75, 3.05) is 13.2 Å². The molecule has 0 aromatic heterocycles. The van der Waals surface area contributed by atoms with Crippen LogP contribution >= 0.6 is 0 Å². The van der Waals surface area contributed by atoms with Crippen LogP contribution in [0, 0.1) is 17.8 Å². The normalized spacial score (nSPS) is 14.9. The van der Waals surface area contributed by atoms with E-state index < -0.39 is 0 Å². The van der Waals surface area contributed by atoms with Crippen LogP contribution in [0.2, 0.25) is 0 Å². The van der Waals surface area contributed by atoms with Crippen molar-refractivity contribution >= 4 is 0 Å². The summed E-state index contributed by atoms with van der Waals surface area (Å²) >= 11 is 0. The number of benzene rings is 1. The van der Waals surface area contributed by atoms with Gasteiger partial charge >= 0.3 is 0 Å². The van der Waals surface area contributed by atoms with Crippen LogP contribution < -0.4 is 9.47 Å². The zero-order valence-electron chi connectivity index (χ0n) is 9.75. The quantitative estimate of drug-likeness (QED) is 0.708. The summed E-state index contributed by atoms with van der Waals surface area (Å²) in [5.41, 5.74) is 1.25. The van der Waals surface area contributed by atoms with Crippen molar-refractivity contribution in [1.29, 1.82) is 0 Å². The minimum Gasteiger partial charge on any atom is -0.486 e. The van der Waals surface area contributed by atoms with Crippen molar-refractivity contribution in [3.8, 4) is 23.3 Å². The average Bonchev–Trinajstić information content (AvgIpc) is 2.29. The second-order valence-electron chi connectivity index (χ2n) is 3.98. The molecule has 16 heavy (non-hydrogen) atoms. The lowest BCUT2D eigenvalue weighted by Gasteiger charge is -2.19. The molecular weight excluding hydrogens is 200 g/mol. The fourth-order valence-electron chi connectivity index (χ4n) is 1.87. The summed E-state index contributed by atoms with van der Waals surface area (Å²) in [6.07, 6.45) is 0.956. The van der Waals surface area contributed by atoms with Gasteiger partial charge in [-0.05, 0) is 31.0 Å². The van der Waals surface area contributed by atoms with Gasteiger partial charge < -0.3 is 9.47 Å². The Kier molecular flexibility index (Phi) is 3.36. The number of rotatable bonds is 2. The molecule has 1 heterocycles. The van der Waals surface area contributed by atoms with E-state index in [4.69, 9.17) is 9.47 Å². The molecular formula is C14H16O2. The summed E-state index contributed by atoms with van der Waals surface area (Å²) < 4.78 is 11.0. The number of hydrogen-bond donors (Lipinski definition) is 0. The minimum atomic E-state index is 0.382. The van der Waals surface area contributed by atoms with Crippen LogP contribution in [0.1, 0.15) is 19.4 Å². The first-order valence-corrected chi connectivity index (χ1v) is 5.60. The molecule has 0 aliphatic carbocycles. The van der Waals surface area contributed by atoms with E-state index in [-0.39, 0.29) is 0 Å². The van der Waals surface area contributed by atoms with Crippen molar-refractivity contribution in [2.24, 2.45) is 5.92 Å². The smallest absolute Gasteiger partial charge is 0.161 e. The molecule has 0 N–H and O–H groups in total. The van der Waals surface area contributed by atoms with E-state index >= 15 is 0 Å². The monoisotopic (exact) mass is 216 g/mol. The van der Waals surface area contributed by atoms with Gasteiger partial charge in [0.05, 0.1) is 0 Å². The maximum absolute atomic E-state index is 5.54. The zero-order valence-corrected chi connectivity index (χ0v) is 9.75. The van der Waals surface area contributed by atoms with Crippen molar-refractivity contribution in [2.45, 2.75) is 20.3 Å². The SMILES string of the molecule is CC#CC(C)Cc1ccc2c(c1)OCCO2. The molecule has 0 saturated carbocycles. The molecule has 0 spiro atoms. The number of ether oxygens (including phenoxy) is 2. The maximum atomic E-state index is 5.54. The van der Waals surface area contributed by atoms with E-state index in [0.29, 0.717) is 19.1 Å². The van der Waals surface area contributed by atoms with E-state index in [9.17, 15) is 0 Å². The highest BCUT2D eigenvalue weighted by atomic mass is 16.6. The van der Waals surface area contributed by atoms with Crippen molar-refractivity contribution in [3.05, 3.63) is 23.8 Å². The van der Waals surface area contributed by atoms with Gasteiger partial charge in [-0.3, -0.25) is 0 Å². The number of fused-ring (bicyclic) bond motifs is 1. The third kappa shape index (κ3) is 2.49. The molecule has 2 rings (SSSR count). The van der Waals surface area contributed by atoms with Gasteiger partial charge in [0.25, 0.3) is 0 Å². The van der Waals surface area contributed by atoms with E-state index in [0.717, 1.165) is 17.9 Å². The van der Waals surface area contributed by atoms with Gasteiger partial charge in [0, 0.05) is 5.92 Å². The Hall–Kier alpha value is -1.62. The van der Waals surface area contributed by atoms with Crippen LogP contribution in [0.25, 0.3) is 0 Å². The van der Waals surface area contributed by atoms with E-state index in [1.165, 1.54) is 5.56 Å². The first-order chi connectivity index (χ1) is 7.79. The lowest BCUT2D eigenvalue weighted by atomic mass is 10.0. The largest absolute Gasteiger partial charge is 0.486 e. The number of hydrogen-bond acceptors (Lipinski definition) is 2. The Morgan fingerprint density at radius 1 is 1.25 bits per heavy atom. The maximum Gasteiger partial charge on any atom is 0.161 e.